The molecular weight excluding hydrogens is 258 g/mol. The lowest BCUT2D eigenvalue weighted by molar-refractivity contribution is -0.134. The van der Waals surface area contributed by atoms with Crippen LogP contribution in [0.1, 0.15) is 17.7 Å². The maximum Gasteiger partial charge on any atom is 0.313 e. The van der Waals surface area contributed by atoms with Gasteiger partial charge in [-0.2, -0.15) is 0 Å². The minimum Gasteiger partial charge on any atom is -0.481 e. The van der Waals surface area contributed by atoms with Gasteiger partial charge >= 0.3 is 5.97 Å². The van der Waals surface area contributed by atoms with Crippen molar-refractivity contribution in [3.63, 3.8) is 0 Å². The van der Waals surface area contributed by atoms with Crippen LogP contribution in [0, 0.1) is 0 Å². The lowest BCUT2D eigenvalue weighted by atomic mass is 10.4. The average molecular weight is 271 g/mol. The predicted octanol–water partition coefficient (Wildman–Crippen LogP) is 2.01. The minimum atomic E-state index is -0.828. The Kier molecular flexibility index (Phi) is 4.06. The molecule has 1 amide bonds. The van der Waals surface area contributed by atoms with Gasteiger partial charge in [0.05, 0.1) is 17.7 Å². The number of nitrogens with zero attached hydrogens (tertiary/aromatic N) is 1. The van der Waals surface area contributed by atoms with E-state index in [0.717, 1.165) is 11.3 Å². The molecular formula is C11H13NO3S2. The largest absolute Gasteiger partial charge is 0.481 e. The second kappa shape index (κ2) is 5.55. The highest BCUT2D eigenvalue weighted by atomic mass is 32.2. The van der Waals surface area contributed by atoms with Crippen LogP contribution in [0.4, 0.5) is 0 Å². The van der Waals surface area contributed by atoms with Crippen LogP contribution in [-0.2, 0) is 16.1 Å². The number of likely N-dealkylation sites (tertiary alicyclic amines) is 1. The van der Waals surface area contributed by atoms with E-state index in [2.05, 4.69) is 0 Å². The van der Waals surface area contributed by atoms with Crippen molar-refractivity contribution in [3.8, 4) is 0 Å². The van der Waals surface area contributed by atoms with Crippen LogP contribution in [0.25, 0.3) is 0 Å². The fourth-order valence-corrected chi connectivity index (χ4v) is 3.50. The quantitative estimate of drug-likeness (QED) is 0.890. The van der Waals surface area contributed by atoms with Crippen LogP contribution >= 0.6 is 23.1 Å². The molecule has 0 bridgehead atoms. The van der Waals surface area contributed by atoms with Crippen LogP contribution in [-0.4, -0.2) is 33.0 Å². The van der Waals surface area contributed by atoms with Crippen LogP contribution < -0.4 is 0 Å². The molecule has 1 aromatic rings. The van der Waals surface area contributed by atoms with Gasteiger partial charge in [0, 0.05) is 11.3 Å². The summed E-state index contributed by atoms with van der Waals surface area (Å²) in [5.74, 6) is -0.648. The van der Waals surface area contributed by atoms with Gasteiger partial charge in [-0.15, -0.1) is 23.1 Å². The smallest absolute Gasteiger partial charge is 0.313 e. The average Bonchev–Trinajstić information content (AvgIpc) is 2.89. The van der Waals surface area contributed by atoms with E-state index < -0.39 is 5.97 Å². The summed E-state index contributed by atoms with van der Waals surface area (Å²) in [6, 6.07) is 3.95. The van der Waals surface area contributed by atoms with E-state index in [9.17, 15) is 9.59 Å². The molecule has 4 nitrogen and oxygen atoms in total. The number of rotatable bonds is 5. The number of thioether (sulfide) groups is 1. The molecule has 1 atom stereocenters. The highest BCUT2D eigenvalue weighted by Crippen LogP contribution is 2.30. The van der Waals surface area contributed by atoms with Gasteiger partial charge in [-0.25, -0.2) is 0 Å². The monoisotopic (exact) mass is 271 g/mol. The summed E-state index contributed by atoms with van der Waals surface area (Å²) in [5, 5.41) is 10.7. The summed E-state index contributed by atoms with van der Waals surface area (Å²) in [5.41, 5.74) is 0. The molecule has 0 aromatic carbocycles. The molecule has 1 fully saturated rings. The summed E-state index contributed by atoms with van der Waals surface area (Å²) in [6.45, 7) is 0.605. The number of carbonyl (C=O) groups excluding carboxylic acids is 1. The van der Waals surface area contributed by atoms with Crippen molar-refractivity contribution in [1.29, 1.82) is 0 Å². The number of carboxylic acid groups (broad SMARTS) is 1. The molecule has 17 heavy (non-hydrogen) atoms. The second-order valence-electron chi connectivity index (χ2n) is 3.80. The van der Waals surface area contributed by atoms with Crippen LogP contribution in [0.3, 0.4) is 0 Å². The van der Waals surface area contributed by atoms with Crippen LogP contribution in [0.2, 0.25) is 0 Å². The summed E-state index contributed by atoms with van der Waals surface area (Å²) in [4.78, 5) is 25.2. The first kappa shape index (κ1) is 12.4. The van der Waals surface area contributed by atoms with E-state index in [4.69, 9.17) is 5.11 Å². The Labute approximate surface area is 108 Å². The molecule has 6 heteroatoms. The minimum absolute atomic E-state index is 0.0145. The van der Waals surface area contributed by atoms with E-state index in [-0.39, 0.29) is 17.0 Å². The standard InChI is InChI=1S/C11H13NO3S2/c13-9-3-4-10(17-7-11(14)15)12(9)6-8-2-1-5-16-8/h1-2,5,10H,3-4,6-7H2,(H,14,15)/t10-/m1/s1. The maximum atomic E-state index is 11.7. The van der Waals surface area contributed by atoms with E-state index in [1.165, 1.54) is 11.8 Å². The number of carbonyl (C=O) groups is 2. The van der Waals surface area contributed by atoms with Gasteiger partial charge in [0.25, 0.3) is 0 Å². The fraction of sp³-hybridized carbons (Fsp3) is 0.455. The topological polar surface area (TPSA) is 57.6 Å². The number of amides is 1. The summed E-state index contributed by atoms with van der Waals surface area (Å²) < 4.78 is 0. The van der Waals surface area contributed by atoms with Gasteiger partial charge < -0.3 is 10.0 Å². The van der Waals surface area contributed by atoms with E-state index in [0.29, 0.717) is 13.0 Å². The zero-order valence-corrected chi connectivity index (χ0v) is 10.8. The molecule has 2 heterocycles. The summed E-state index contributed by atoms with van der Waals surface area (Å²) in [7, 11) is 0. The molecule has 0 radical (unpaired) electrons. The van der Waals surface area contributed by atoms with Gasteiger partial charge in [-0.3, -0.25) is 9.59 Å². The van der Waals surface area contributed by atoms with Gasteiger partial charge in [-0.1, -0.05) is 6.07 Å². The third-order valence-corrected chi connectivity index (χ3v) is 4.73. The van der Waals surface area contributed by atoms with Crippen molar-refractivity contribution in [2.24, 2.45) is 0 Å². The van der Waals surface area contributed by atoms with Gasteiger partial charge in [0.2, 0.25) is 5.91 Å². The molecule has 0 aliphatic carbocycles. The molecule has 92 valence electrons. The van der Waals surface area contributed by atoms with Crippen LogP contribution in [0.5, 0.6) is 0 Å². The Morgan fingerprint density at radius 1 is 1.65 bits per heavy atom. The number of hydrogen-bond donors (Lipinski definition) is 1. The molecule has 1 aromatic heterocycles. The highest BCUT2D eigenvalue weighted by Gasteiger charge is 2.31. The Hall–Kier alpha value is -1.01. The number of thiophene rings is 1. The SMILES string of the molecule is O=C(O)CS[C@@H]1CCC(=O)N1Cc1cccs1. The van der Waals surface area contributed by atoms with Crippen molar-refractivity contribution in [2.45, 2.75) is 24.8 Å². The molecule has 0 unspecified atom stereocenters. The third-order valence-electron chi connectivity index (χ3n) is 2.58. The lowest BCUT2D eigenvalue weighted by Crippen LogP contribution is -2.30. The summed E-state index contributed by atoms with van der Waals surface area (Å²) >= 11 is 2.95. The first-order chi connectivity index (χ1) is 8.16. The van der Waals surface area contributed by atoms with E-state index in [1.807, 2.05) is 17.5 Å². The van der Waals surface area contributed by atoms with Gasteiger partial charge in [0.15, 0.2) is 0 Å². The fourth-order valence-electron chi connectivity index (χ4n) is 1.81. The van der Waals surface area contributed by atoms with Gasteiger partial charge in [0.1, 0.15) is 0 Å². The van der Waals surface area contributed by atoms with Crippen molar-refractivity contribution in [1.82, 2.24) is 4.90 Å². The molecule has 0 spiro atoms. The molecule has 1 aliphatic rings. The molecule has 2 rings (SSSR count). The Bertz CT molecular complexity index is 405. The Morgan fingerprint density at radius 3 is 3.12 bits per heavy atom. The highest BCUT2D eigenvalue weighted by molar-refractivity contribution is 8.00. The first-order valence-electron chi connectivity index (χ1n) is 5.32. The van der Waals surface area contributed by atoms with E-state index >= 15 is 0 Å². The molecule has 0 saturated carbocycles. The van der Waals surface area contributed by atoms with Crippen molar-refractivity contribution >= 4 is 35.0 Å². The number of hydrogen-bond acceptors (Lipinski definition) is 4. The maximum absolute atomic E-state index is 11.7. The van der Waals surface area contributed by atoms with E-state index in [1.54, 1.807) is 16.2 Å². The Morgan fingerprint density at radius 2 is 2.47 bits per heavy atom. The van der Waals surface area contributed by atoms with Crippen LogP contribution in [0.15, 0.2) is 17.5 Å². The second-order valence-corrected chi connectivity index (χ2v) is 6.00. The predicted molar refractivity (Wildman–Crippen MR) is 68.0 cm³/mol. The molecule has 1 aliphatic heterocycles. The molecule has 1 N–H and O–H groups in total. The number of aliphatic carboxylic acids is 1. The zero-order valence-electron chi connectivity index (χ0n) is 9.17. The zero-order chi connectivity index (χ0) is 12.3. The van der Waals surface area contributed by atoms with Crippen molar-refractivity contribution in [3.05, 3.63) is 22.4 Å². The Balaban J connectivity index is 1.96. The lowest BCUT2D eigenvalue weighted by Gasteiger charge is -2.23. The van der Waals surface area contributed by atoms with Crippen molar-refractivity contribution < 1.29 is 14.7 Å². The first-order valence-corrected chi connectivity index (χ1v) is 7.25. The molecule has 1 saturated heterocycles. The normalized spacial score (nSPS) is 19.9. The third kappa shape index (κ3) is 3.23. The summed E-state index contributed by atoms with van der Waals surface area (Å²) in [6.07, 6.45) is 1.28. The van der Waals surface area contributed by atoms with Crippen molar-refractivity contribution in [2.75, 3.05) is 5.75 Å². The van der Waals surface area contributed by atoms with Gasteiger partial charge in [-0.05, 0) is 17.9 Å². The number of carboxylic acids is 1.